The predicted molar refractivity (Wildman–Crippen MR) is 107 cm³/mol. The Morgan fingerprint density at radius 3 is 1.93 bits per heavy atom. The van der Waals surface area contributed by atoms with Gasteiger partial charge in [-0.3, -0.25) is 10.2 Å². The average molecular weight is 415 g/mol. The van der Waals surface area contributed by atoms with Crippen molar-refractivity contribution in [2.75, 3.05) is 0 Å². The smallest absolute Gasteiger partial charge is 0.178 e. The summed E-state index contributed by atoms with van der Waals surface area (Å²) in [5.41, 5.74) is 6.00. The maximum Gasteiger partial charge on any atom is 0.178 e. The number of nitrogens with zero attached hydrogens (tertiary/aromatic N) is 5. The number of aromatic nitrogens is 4. The van der Waals surface area contributed by atoms with Gasteiger partial charge < -0.3 is 9.55 Å². The summed E-state index contributed by atoms with van der Waals surface area (Å²) in [6, 6.07) is 16.4. The quantitative estimate of drug-likeness (QED) is 0.304. The third-order valence-electron chi connectivity index (χ3n) is 4.48. The van der Waals surface area contributed by atoms with Crippen molar-refractivity contribution in [1.29, 1.82) is 10.5 Å². The first kappa shape index (κ1) is 18.5. The summed E-state index contributed by atoms with van der Waals surface area (Å²) in [4.78, 5) is 12.4. The van der Waals surface area contributed by atoms with Crippen LogP contribution in [0.25, 0.3) is 46.4 Å². The second kappa shape index (κ2) is 7.26. The van der Waals surface area contributed by atoms with Gasteiger partial charge >= 0.3 is 0 Å². The van der Waals surface area contributed by atoms with Gasteiger partial charge in [-0.15, -0.1) is 6.07 Å². The van der Waals surface area contributed by atoms with Crippen molar-refractivity contribution < 1.29 is 17.1 Å². The first-order chi connectivity index (χ1) is 13.7. The Hall–Kier alpha value is -3.90. The Kier molecular flexibility index (Phi) is 4.62. The second-order valence-corrected chi connectivity index (χ2v) is 6.35. The summed E-state index contributed by atoms with van der Waals surface area (Å²) in [7, 11) is 0. The molecule has 3 aromatic heterocycles. The fourth-order valence-corrected chi connectivity index (χ4v) is 3.23. The molecule has 5 rings (SSSR count). The summed E-state index contributed by atoms with van der Waals surface area (Å²) in [5, 5.41) is 19.2. The number of hydrogen-bond donors (Lipinski definition) is 1. The van der Waals surface area contributed by atoms with Crippen LogP contribution in [-0.4, -0.2) is 19.5 Å². The van der Waals surface area contributed by atoms with E-state index in [2.05, 4.69) is 33.3 Å². The largest absolute Gasteiger partial charge is 0.355 e. The van der Waals surface area contributed by atoms with Crippen LogP contribution in [0, 0.1) is 28.9 Å². The molecule has 1 N–H and O–H groups in total. The number of aromatic amines is 1. The van der Waals surface area contributed by atoms with E-state index in [9.17, 15) is 10.5 Å². The van der Waals surface area contributed by atoms with Crippen molar-refractivity contribution in [3.8, 4) is 12.3 Å². The van der Waals surface area contributed by atoms with Crippen molar-refractivity contribution in [1.82, 2.24) is 19.5 Å². The summed E-state index contributed by atoms with van der Waals surface area (Å²) in [6.45, 7) is 0. The second-order valence-electron chi connectivity index (χ2n) is 6.35. The average Bonchev–Trinajstić information content (AvgIpc) is 3.45. The number of nitrogens with one attached hydrogen (secondary N) is 1. The zero-order valence-corrected chi connectivity index (χ0v) is 16.0. The third-order valence-corrected chi connectivity index (χ3v) is 4.48. The molecule has 0 aliphatic carbocycles. The molecular weight excluding hydrogens is 404 g/mol. The van der Waals surface area contributed by atoms with Gasteiger partial charge in [0.25, 0.3) is 0 Å². The van der Waals surface area contributed by atoms with E-state index in [1.165, 1.54) is 4.57 Å². The van der Waals surface area contributed by atoms with E-state index in [0.717, 1.165) is 22.4 Å². The standard InChI is InChI=1S/C22H11N6.Fe/c23-12-14-7-21-10-19-5-3-17(26-19)8-15-1-2-16(25-15)9-18-4-6-20(27-18)11-22(14)28(21)13-24;/h1-6,8-11,25H;/q-1;. The number of H-pyrrole nitrogens is 1. The van der Waals surface area contributed by atoms with E-state index in [1.807, 2.05) is 48.6 Å². The molecule has 3 aromatic rings. The number of hydrogen-bond acceptors (Lipinski definition) is 4. The van der Waals surface area contributed by atoms with E-state index in [1.54, 1.807) is 12.1 Å². The van der Waals surface area contributed by atoms with Gasteiger partial charge in [0.05, 0.1) is 17.1 Å². The fourth-order valence-electron chi connectivity index (χ4n) is 3.23. The third kappa shape index (κ3) is 3.37. The first-order valence-corrected chi connectivity index (χ1v) is 8.55. The molecule has 0 fully saturated rings. The Morgan fingerprint density at radius 1 is 0.828 bits per heavy atom. The van der Waals surface area contributed by atoms with Crippen LogP contribution in [0.2, 0.25) is 0 Å². The molecule has 0 saturated heterocycles. The SMILES string of the molecule is N#Cc1[c-]c2cc3nc(cc4ccc(cc5nc(cc1n2C#N)C=C5)[nH]4)C=C3.[Fe]. The molecule has 8 bridgehead atoms. The number of rotatable bonds is 0. The van der Waals surface area contributed by atoms with Gasteiger partial charge in [-0.05, 0) is 65.7 Å². The van der Waals surface area contributed by atoms with Crippen molar-refractivity contribution in [2.24, 2.45) is 0 Å². The molecule has 0 radical (unpaired) electrons. The monoisotopic (exact) mass is 415 g/mol. The topological polar surface area (TPSA) is 94.1 Å². The van der Waals surface area contributed by atoms with Gasteiger partial charge in [-0.2, -0.15) is 5.26 Å². The van der Waals surface area contributed by atoms with Crippen LogP contribution in [0.5, 0.6) is 0 Å². The van der Waals surface area contributed by atoms with Gasteiger partial charge in [-0.1, -0.05) is 17.7 Å². The molecule has 0 saturated carbocycles. The van der Waals surface area contributed by atoms with Crippen LogP contribution in [0.4, 0.5) is 0 Å². The predicted octanol–water partition coefficient (Wildman–Crippen LogP) is 4.13. The molecule has 6 nitrogen and oxygen atoms in total. The van der Waals surface area contributed by atoms with Gasteiger partial charge in [0, 0.05) is 33.8 Å². The Labute approximate surface area is 176 Å². The van der Waals surface area contributed by atoms with Crippen molar-refractivity contribution in [2.45, 2.75) is 0 Å². The molecule has 2 aliphatic rings. The molecule has 0 atom stereocenters. The Balaban J connectivity index is 0.00000205. The summed E-state index contributed by atoms with van der Waals surface area (Å²) in [6.07, 6.45) is 9.62. The van der Waals surface area contributed by atoms with Crippen molar-refractivity contribution in [3.05, 3.63) is 70.8 Å². The maximum absolute atomic E-state index is 9.66. The minimum atomic E-state index is 0. The van der Waals surface area contributed by atoms with Gasteiger partial charge in [0.15, 0.2) is 6.19 Å². The van der Waals surface area contributed by atoms with Gasteiger partial charge in [-0.25, -0.2) is 4.98 Å². The normalized spacial score (nSPS) is 11.5. The van der Waals surface area contributed by atoms with Gasteiger partial charge in [0.2, 0.25) is 0 Å². The van der Waals surface area contributed by atoms with E-state index in [-0.39, 0.29) is 22.6 Å². The van der Waals surface area contributed by atoms with Crippen LogP contribution in [0.3, 0.4) is 0 Å². The molecule has 7 heteroatoms. The van der Waals surface area contributed by atoms with E-state index in [4.69, 9.17) is 0 Å². The molecule has 0 amide bonds. The molecule has 0 spiro atoms. The van der Waals surface area contributed by atoms with E-state index in [0.29, 0.717) is 22.4 Å². The number of fused-ring (bicyclic) bond motifs is 8. The molecular formula is C22H11FeN6-. The minimum Gasteiger partial charge on any atom is -0.355 e. The van der Waals surface area contributed by atoms with Crippen molar-refractivity contribution in [3.63, 3.8) is 0 Å². The van der Waals surface area contributed by atoms with Crippen LogP contribution in [0.1, 0.15) is 28.3 Å². The molecule has 2 aliphatic heterocycles. The summed E-state index contributed by atoms with van der Waals surface area (Å²) >= 11 is 0. The van der Waals surface area contributed by atoms with Crippen LogP contribution >= 0.6 is 0 Å². The maximum atomic E-state index is 9.66. The molecule has 138 valence electrons. The van der Waals surface area contributed by atoms with Crippen LogP contribution < -0.4 is 0 Å². The first-order valence-electron chi connectivity index (χ1n) is 8.55. The molecule has 5 heterocycles. The zero-order valence-electron chi connectivity index (χ0n) is 14.9. The minimum absolute atomic E-state index is 0. The van der Waals surface area contributed by atoms with Crippen LogP contribution in [0.15, 0.2) is 36.4 Å². The summed E-state index contributed by atoms with van der Waals surface area (Å²) < 4.78 is 1.37. The zero-order chi connectivity index (χ0) is 19.1. The van der Waals surface area contributed by atoms with Crippen LogP contribution in [-0.2, 0) is 17.1 Å². The molecule has 29 heavy (non-hydrogen) atoms. The van der Waals surface area contributed by atoms with E-state index < -0.39 is 0 Å². The van der Waals surface area contributed by atoms with Crippen molar-refractivity contribution >= 4 is 46.4 Å². The van der Waals surface area contributed by atoms with E-state index >= 15 is 0 Å². The Bertz CT molecular complexity index is 1440. The molecule has 0 aromatic carbocycles. The Morgan fingerprint density at radius 2 is 1.38 bits per heavy atom. The molecule has 0 unspecified atom stereocenters. The summed E-state index contributed by atoms with van der Waals surface area (Å²) in [5.74, 6) is 0. The number of nitriles is 2. The van der Waals surface area contributed by atoms with Gasteiger partial charge in [0.1, 0.15) is 0 Å². The fraction of sp³-hybridized carbons (Fsp3) is 0.